The molecular formula is C28H35Cl2FN4O3Si. The van der Waals surface area contributed by atoms with Gasteiger partial charge in [0.15, 0.2) is 8.32 Å². The van der Waals surface area contributed by atoms with Gasteiger partial charge in [-0.25, -0.2) is 14.4 Å². The summed E-state index contributed by atoms with van der Waals surface area (Å²) < 4.78 is 27.6. The second kappa shape index (κ2) is 12.1. The molecular weight excluding hydrogens is 558 g/mol. The zero-order valence-corrected chi connectivity index (χ0v) is 25.4. The van der Waals surface area contributed by atoms with E-state index in [1.54, 1.807) is 35.2 Å². The van der Waals surface area contributed by atoms with Gasteiger partial charge in [-0.2, -0.15) is 0 Å². The van der Waals surface area contributed by atoms with E-state index in [-0.39, 0.29) is 17.2 Å². The molecule has 1 aromatic carbocycles. The van der Waals surface area contributed by atoms with Gasteiger partial charge in [-0.1, -0.05) is 50.0 Å². The van der Waals surface area contributed by atoms with Crippen molar-refractivity contribution in [2.45, 2.75) is 63.6 Å². The van der Waals surface area contributed by atoms with E-state index in [1.807, 2.05) is 12.1 Å². The van der Waals surface area contributed by atoms with Gasteiger partial charge in [0.25, 0.3) is 5.56 Å². The summed E-state index contributed by atoms with van der Waals surface area (Å²) in [5, 5.41) is 3.93. The van der Waals surface area contributed by atoms with Crippen molar-refractivity contribution in [3.05, 3.63) is 74.8 Å². The van der Waals surface area contributed by atoms with Crippen LogP contribution in [0.4, 0.5) is 10.3 Å². The molecule has 0 radical (unpaired) electrons. The van der Waals surface area contributed by atoms with Crippen LogP contribution in [-0.4, -0.2) is 54.9 Å². The van der Waals surface area contributed by atoms with E-state index in [2.05, 4.69) is 49.1 Å². The minimum absolute atomic E-state index is 0.00951. The molecule has 0 spiro atoms. The molecule has 39 heavy (non-hydrogen) atoms. The summed E-state index contributed by atoms with van der Waals surface area (Å²) in [4.78, 5) is 22.3. The van der Waals surface area contributed by atoms with E-state index in [9.17, 15) is 9.18 Å². The van der Waals surface area contributed by atoms with Gasteiger partial charge in [0, 0.05) is 30.6 Å². The van der Waals surface area contributed by atoms with Gasteiger partial charge in [-0.3, -0.25) is 4.79 Å². The van der Waals surface area contributed by atoms with E-state index in [0.29, 0.717) is 46.9 Å². The Balaban J connectivity index is 1.63. The summed E-state index contributed by atoms with van der Waals surface area (Å²) in [5.41, 5.74) is 1.79. The molecule has 0 saturated carbocycles. The first-order valence-electron chi connectivity index (χ1n) is 13.0. The van der Waals surface area contributed by atoms with Gasteiger partial charge >= 0.3 is 0 Å². The van der Waals surface area contributed by atoms with Gasteiger partial charge in [-0.05, 0) is 54.4 Å². The highest BCUT2D eigenvalue weighted by Crippen LogP contribution is 2.38. The zero-order valence-electron chi connectivity index (χ0n) is 22.9. The standard InChI is InChI=1S/C28H35Cl2FN4O3Si/c1-28(2,3)39(4,5)38-17-25(19-6-7-20(29)21(30)14-19)35-12-9-18(15-26(35)36)23-8-11-32-27(33-23)34-24-10-13-37-16-22(24)31/h6-9,11-12,14-15,22,24-25H,10,13,16-17H2,1-5H3,(H,32,33,34)/t22-,24-,25?/m1/s1. The summed E-state index contributed by atoms with van der Waals surface area (Å²) in [6, 6.07) is 9.63. The lowest BCUT2D eigenvalue weighted by Gasteiger charge is -2.37. The fourth-order valence-electron chi connectivity index (χ4n) is 4.09. The Labute approximate surface area is 239 Å². The molecule has 1 aliphatic rings. The molecule has 3 aromatic rings. The van der Waals surface area contributed by atoms with Crippen molar-refractivity contribution in [3.8, 4) is 11.3 Å². The number of aromatic nitrogens is 3. The number of halogens is 3. The predicted molar refractivity (Wildman–Crippen MR) is 157 cm³/mol. The minimum atomic E-state index is -2.10. The number of rotatable bonds is 8. The van der Waals surface area contributed by atoms with Crippen LogP contribution >= 0.6 is 23.2 Å². The van der Waals surface area contributed by atoms with Crippen LogP contribution in [-0.2, 0) is 9.16 Å². The second-order valence-corrected chi connectivity index (χ2v) is 16.9. The first-order chi connectivity index (χ1) is 18.4. The molecule has 1 fully saturated rings. The molecule has 0 amide bonds. The van der Waals surface area contributed by atoms with E-state index in [1.165, 1.54) is 6.07 Å². The number of anilines is 1. The van der Waals surface area contributed by atoms with Gasteiger partial charge in [0.05, 0.1) is 41.0 Å². The maximum absolute atomic E-state index is 14.2. The number of ether oxygens (including phenoxy) is 1. The van der Waals surface area contributed by atoms with Crippen molar-refractivity contribution in [1.29, 1.82) is 0 Å². The SMILES string of the molecule is CC(C)(C)[Si](C)(C)OCC(c1ccc(Cl)c(Cl)c1)n1ccc(-c2ccnc(N[C@@H]3CCOC[C@H]3F)n2)cc1=O. The maximum Gasteiger partial charge on any atom is 0.251 e. The van der Waals surface area contributed by atoms with Crippen molar-refractivity contribution in [1.82, 2.24) is 14.5 Å². The van der Waals surface area contributed by atoms with E-state index in [0.717, 1.165) is 5.56 Å². The second-order valence-electron chi connectivity index (χ2n) is 11.3. The smallest absolute Gasteiger partial charge is 0.251 e. The van der Waals surface area contributed by atoms with E-state index < -0.39 is 26.6 Å². The first kappa shape index (κ1) is 29.7. The summed E-state index contributed by atoms with van der Waals surface area (Å²) in [6.45, 7) is 11.7. The number of pyridine rings is 1. The van der Waals surface area contributed by atoms with Gasteiger partial charge in [-0.15, -0.1) is 0 Å². The van der Waals surface area contributed by atoms with Crippen LogP contribution in [0, 0.1) is 0 Å². The number of benzene rings is 1. The molecule has 1 aliphatic heterocycles. The van der Waals surface area contributed by atoms with Crippen molar-refractivity contribution in [2.24, 2.45) is 0 Å². The topological polar surface area (TPSA) is 78.3 Å². The molecule has 3 atom stereocenters. The molecule has 210 valence electrons. The van der Waals surface area contributed by atoms with Crippen molar-refractivity contribution in [2.75, 3.05) is 25.1 Å². The highest BCUT2D eigenvalue weighted by molar-refractivity contribution is 6.74. The third-order valence-electron chi connectivity index (χ3n) is 7.57. The quantitative estimate of drug-likeness (QED) is 0.291. The average Bonchev–Trinajstić information content (AvgIpc) is 2.88. The molecule has 1 saturated heterocycles. The van der Waals surface area contributed by atoms with Gasteiger partial charge < -0.3 is 19.0 Å². The molecule has 0 aliphatic carbocycles. The molecule has 1 N–H and O–H groups in total. The Morgan fingerprint density at radius 1 is 1.21 bits per heavy atom. The normalized spacial score (nSPS) is 19.1. The molecule has 3 heterocycles. The molecule has 0 bridgehead atoms. The van der Waals surface area contributed by atoms with Crippen LogP contribution in [0.5, 0.6) is 0 Å². The Kier molecular flexibility index (Phi) is 9.18. The average molecular weight is 594 g/mol. The minimum Gasteiger partial charge on any atom is -0.414 e. The number of alkyl halides is 1. The molecule has 2 aromatic heterocycles. The van der Waals surface area contributed by atoms with Crippen LogP contribution in [0.3, 0.4) is 0 Å². The summed E-state index contributed by atoms with van der Waals surface area (Å²) in [6.07, 6.45) is 2.72. The van der Waals surface area contributed by atoms with Gasteiger partial charge in [0.2, 0.25) is 5.95 Å². The Morgan fingerprint density at radius 3 is 2.64 bits per heavy atom. The number of nitrogens with zero attached hydrogens (tertiary/aromatic N) is 3. The van der Waals surface area contributed by atoms with Crippen LogP contribution in [0.15, 0.2) is 53.6 Å². The summed E-state index contributed by atoms with van der Waals surface area (Å²) in [5.74, 6) is 0.308. The maximum atomic E-state index is 14.2. The Morgan fingerprint density at radius 2 is 1.97 bits per heavy atom. The highest BCUT2D eigenvalue weighted by Gasteiger charge is 2.38. The number of nitrogens with one attached hydrogen (secondary N) is 1. The Hall–Kier alpha value is -2.30. The van der Waals surface area contributed by atoms with E-state index >= 15 is 0 Å². The lowest BCUT2D eigenvalue weighted by molar-refractivity contribution is 0.0284. The molecule has 1 unspecified atom stereocenters. The lowest BCUT2D eigenvalue weighted by atomic mass is 10.1. The summed E-state index contributed by atoms with van der Waals surface area (Å²) in [7, 11) is -2.10. The monoisotopic (exact) mass is 592 g/mol. The third-order valence-corrected chi connectivity index (χ3v) is 12.8. The number of hydrogen-bond donors (Lipinski definition) is 1. The van der Waals surface area contributed by atoms with Crippen molar-refractivity contribution >= 4 is 37.5 Å². The van der Waals surface area contributed by atoms with Crippen molar-refractivity contribution < 1.29 is 13.6 Å². The van der Waals surface area contributed by atoms with Crippen molar-refractivity contribution in [3.63, 3.8) is 0 Å². The third kappa shape index (κ3) is 7.07. The van der Waals surface area contributed by atoms with Gasteiger partial charge in [0.1, 0.15) is 6.17 Å². The number of hydrogen-bond acceptors (Lipinski definition) is 6. The fourth-order valence-corrected chi connectivity index (χ4v) is 5.40. The first-order valence-corrected chi connectivity index (χ1v) is 16.6. The van der Waals surface area contributed by atoms with Crippen LogP contribution in [0.25, 0.3) is 11.3 Å². The molecule has 4 rings (SSSR count). The molecule has 7 nitrogen and oxygen atoms in total. The largest absolute Gasteiger partial charge is 0.414 e. The summed E-state index contributed by atoms with van der Waals surface area (Å²) >= 11 is 12.5. The lowest BCUT2D eigenvalue weighted by Crippen LogP contribution is -2.43. The van der Waals surface area contributed by atoms with Crippen LogP contribution < -0.4 is 10.9 Å². The molecule has 11 heteroatoms. The van der Waals surface area contributed by atoms with Crippen LogP contribution in [0.1, 0.15) is 38.8 Å². The highest BCUT2D eigenvalue weighted by atomic mass is 35.5. The Bertz CT molecular complexity index is 1370. The zero-order chi connectivity index (χ0) is 28.4. The van der Waals surface area contributed by atoms with E-state index in [4.69, 9.17) is 32.4 Å². The fraction of sp³-hybridized carbons (Fsp3) is 0.464. The van der Waals surface area contributed by atoms with Crippen LogP contribution in [0.2, 0.25) is 28.2 Å². The predicted octanol–water partition coefficient (Wildman–Crippen LogP) is 6.76.